The van der Waals surface area contributed by atoms with Crippen molar-refractivity contribution in [2.45, 2.75) is 0 Å². The summed E-state index contributed by atoms with van der Waals surface area (Å²) < 4.78 is 21.4. The highest BCUT2D eigenvalue weighted by atomic mass is 16.5. The van der Waals surface area contributed by atoms with Crippen molar-refractivity contribution < 1.29 is 23.4 Å². The number of benzene rings is 3. The molecule has 32 heavy (non-hydrogen) atoms. The highest BCUT2D eigenvalue weighted by molar-refractivity contribution is 5.95. The lowest BCUT2D eigenvalue weighted by molar-refractivity contribution is -0.118. The number of anilines is 1. The van der Waals surface area contributed by atoms with E-state index in [9.17, 15) is 9.59 Å². The number of nitrogens with one attached hydrogen (secondary N) is 1. The molecule has 0 saturated carbocycles. The van der Waals surface area contributed by atoms with Gasteiger partial charge in [-0.3, -0.25) is 4.79 Å². The molecule has 0 aliphatic carbocycles. The van der Waals surface area contributed by atoms with Gasteiger partial charge in [0, 0.05) is 23.6 Å². The number of amides is 1. The standard InChI is InChI=1S/C25H21NO6/c1-29-17-9-11-21(23(12-17)30-2)26-24(27)15-31-18-8-10-19-20(16-6-4-3-5-7-16)14-25(28)32-22(19)13-18/h3-14H,15H2,1-2H3,(H,26,27). The van der Waals surface area contributed by atoms with Crippen molar-refractivity contribution in [3.63, 3.8) is 0 Å². The summed E-state index contributed by atoms with van der Waals surface area (Å²) in [5.41, 5.74) is 2.10. The number of fused-ring (bicyclic) bond motifs is 1. The maximum Gasteiger partial charge on any atom is 0.336 e. The van der Waals surface area contributed by atoms with Crippen LogP contribution in [0.1, 0.15) is 0 Å². The van der Waals surface area contributed by atoms with Crippen molar-refractivity contribution >= 4 is 22.6 Å². The first kappa shape index (κ1) is 21.0. The van der Waals surface area contributed by atoms with Crippen LogP contribution in [0, 0.1) is 0 Å². The minimum atomic E-state index is -0.460. The van der Waals surface area contributed by atoms with Gasteiger partial charge in [-0.25, -0.2) is 4.79 Å². The molecule has 3 aromatic carbocycles. The van der Waals surface area contributed by atoms with Crippen molar-refractivity contribution in [3.8, 4) is 28.4 Å². The van der Waals surface area contributed by atoms with Gasteiger partial charge >= 0.3 is 5.63 Å². The third-order valence-electron chi connectivity index (χ3n) is 4.85. The highest BCUT2D eigenvalue weighted by Crippen LogP contribution is 2.30. The Morgan fingerprint density at radius 1 is 0.906 bits per heavy atom. The summed E-state index contributed by atoms with van der Waals surface area (Å²) in [6.07, 6.45) is 0. The Morgan fingerprint density at radius 3 is 2.44 bits per heavy atom. The molecule has 7 nitrogen and oxygen atoms in total. The third-order valence-corrected chi connectivity index (χ3v) is 4.85. The van der Waals surface area contributed by atoms with E-state index in [1.807, 2.05) is 30.3 Å². The zero-order valence-electron chi connectivity index (χ0n) is 17.6. The minimum Gasteiger partial charge on any atom is -0.497 e. The van der Waals surface area contributed by atoms with Gasteiger partial charge in [0.1, 0.15) is 22.8 Å². The number of hydrogen-bond donors (Lipinski definition) is 1. The van der Waals surface area contributed by atoms with E-state index < -0.39 is 5.63 Å². The van der Waals surface area contributed by atoms with Crippen LogP contribution in [0.3, 0.4) is 0 Å². The Balaban J connectivity index is 1.51. The molecule has 0 fully saturated rings. The van der Waals surface area contributed by atoms with Crippen LogP contribution in [-0.2, 0) is 4.79 Å². The Bertz CT molecular complexity index is 1310. The van der Waals surface area contributed by atoms with Crippen molar-refractivity contribution in [2.24, 2.45) is 0 Å². The fraction of sp³-hybridized carbons (Fsp3) is 0.120. The van der Waals surface area contributed by atoms with Crippen LogP contribution in [0.15, 0.2) is 82.0 Å². The lowest BCUT2D eigenvalue weighted by Crippen LogP contribution is -2.20. The lowest BCUT2D eigenvalue weighted by Gasteiger charge is -2.12. The molecule has 0 radical (unpaired) electrons. The Morgan fingerprint density at radius 2 is 1.69 bits per heavy atom. The maximum absolute atomic E-state index is 12.4. The third kappa shape index (κ3) is 4.57. The summed E-state index contributed by atoms with van der Waals surface area (Å²) in [6.45, 7) is -0.233. The highest BCUT2D eigenvalue weighted by Gasteiger charge is 2.12. The molecule has 0 aliphatic rings. The number of carbonyl (C=O) groups excluding carboxylic acids is 1. The molecule has 0 atom stereocenters. The van der Waals surface area contributed by atoms with Gasteiger partial charge in [-0.1, -0.05) is 30.3 Å². The van der Waals surface area contributed by atoms with Gasteiger partial charge in [0.2, 0.25) is 0 Å². The number of methoxy groups -OCH3 is 2. The van der Waals surface area contributed by atoms with E-state index in [0.29, 0.717) is 28.5 Å². The summed E-state index contributed by atoms with van der Waals surface area (Å²) >= 11 is 0. The van der Waals surface area contributed by atoms with Crippen molar-refractivity contribution in [1.82, 2.24) is 0 Å². The van der Waals surface area contributed by atoms with Gasteiger partial charge in [0.15, 0.2) is 6.61 Å². The predicted octanol–water partition coefficient (Wildman–Crippen LogP) is 4.49. The normalized spacial score (nSPS) is 10.6. The van der Waals surface area contributed by atoms with E-state index >= 15 is 0 Å². The molecule has 0 bridgehead atoms. The lowest BCUT2D eigenvalue weighted by atomic mass is 10.0. The molecule has 0 spiro atoms. The molecule has 0 saturated heterocycles. The number of rotatable bonds is 7. The number of carbonyl (C=O) groups is 1. The predicted molar refractivity (Wildman–Crippen MR) is 122 cm³/mol. The summed E-state index contributed by atoms with van der Waals surface area (Å²) in [6, 6.07) is 21.3. The van der Waals surface area contributed by atoms with E-state index in [-0.39, 0.29) is 12.5 Å². The second kappa shape index (κ2) is 9.26. The Kier molecular flexibility index (Phi) is 6.07. The second-order valence-corrected chi connectivity index (χ2v) is 6.91. The molecule has 7 heteroatoms. The molecule has 1 heterocycles. The zero-order chi connectivity index (χ0) is 22.5. The van der Waals surface area contributed by atoms with E-state index in [1.165, 1.54) is 13.2 Å². The molecule has 162 valence electrons. The van der Waals surface area contributed by atoms with Crippen LogP contribution in [0.2, 0.25) is 0 Å². The first-order valence-corrected chi connectivity index (χ1v) is 9.85. The molecule has 4 rings (SSSR count). The summed E-state index contributed by atoms with van der Waals surface area (Å²) in [5.74, 6) is 1.12. The smallest absolute Gasteiger partial charge is 0.336 e. The molecular weight excluding hydrogens is 410 g/mol. The minimum absolute atomic E-state index is 0.233. The van der Waals surface area contributed by atoms with Crippen LogP contribution in [0.5, 0.6) is 17.2 Å². The van der Waals surface area contributed by atoms with Crippen molar-refractivity contribution in [2.75, 3.05) is 26.1 Å². The molecule has 1 amide bonds. The van der Waals surface area contributed by atoms with Crippen LogP contribution in [-0.4, -0.2) is 26.7 Å². The zero-order valence-corrected chi connectivity index (χ0v) is 17.6. The van der Waals surface area contributed by atoms with Gasteiger partial charge in [-0.05, 0) is 35.4 Å². The van der Waals surface area contributed by atoms with Crippen molar-refractivity contribution in [3.05, 3.63) is 83.2 Å². The molecule has 1 N–H and O–H groups in total. The van der Waals surface area contributed by atoms with Gasteiger partial charge < -0.3 is 23.9 Å². The summed E-state index contributed by atoms with van der Waals surface area (Å²) in [4.78, 5) is 24.4. The Labute approximate surface area is 184 Å². The average molecular weight is 431 g/mol. The molecule has 0 aliphatic heterocycles. The van der Waals surface area contributed by atoms with E-state index in [1.54, 1.807) is 43.5 Å². The van der Waals surface area contributed by atoms with Crippen LogP contribution < -0.4 is 25.2 Å². The molecule has 1 aromatic heterocycles. The second-order valence-electron chi connectivity index (χ2n) is 6.91. The monoisotopic (exact) mass is 431 g/mol. The van der Waals surface area contributed by atoms with Crippen molar-refractivity contribution in [1.29, 1.82) is 0 Å². The summed E-state index contributed by atoms with van der Waals surface area (Å²) in [7, 11) is 3.06. The van der Waals surface area contributed by atoms with E-state index in [4.69, 9.17) is 18.6 Å². The number of ether oxygens (including phenoxy) is 3. The Hall–Kier alpha value is -4.26. The molecular formula is C25H21NO6. The van der Waals surface area contributed by atoms with Gasteiger partial charge in [0.25, 0.3) is 5.91 Å². The van der Waals surface area contributed by atoms with Crippen LogP contribution >= 0.6 is 0 Å². The fourth-order valence-electron chi connectivity index (χ4n) is 3.33. The number of hydrogen-bond acceptors (Lipinski definition) is 6. The van der Waals surface area contributed by atoms with Crippen LogP contribution in [0.25, 0.3) is 22.1 Å². The topological polar surface area (TPSA) is 87.0 Å². The summed E-state index contributed by atoms with van der Waals surface area (Å²) in [5, 5.41) is 3.52. The SMILES string of the molecule is COc1ccc(NC(=O)COc2ccc3c(-c4ccccc4)cc(=O)oc3c2)c(OC)c1. The fourth-order valence-corrected chi connectivity index (χ4v) is 3.33. The average Bonchev–Trinajstić information content (AvgIpc) is 2.82. The molecule has 0 unspecified atom stereocenters. The maximum atomic E-state index is 12.4. The largest absolute Gasteiger partial charge is 0.497 e. The van der Waals surface area contributed by atoms with Gasteiger partial charge in [0.05, 0.1) is 19.9 Å². The quantitative estimate of drug-likeness (QED) is 0.434. The van der Waals surface area contributed by atoms with E-state index in [0.717, 1.165) is 16.5 Å². The van der Waals surface area contributed by atoms with E-state index in [2.05, 4.69) is 5.32 Å². The first-order valence-electron chi connectivity index (χ1n) is 9.85. The van der Waals surface area contributed by atoms with Gasteiger partial charge in [-0.15, -0.1) is 0 Å². The molecule has 4 aromatic rings. The first-order chi connectivity index (χ1) is 15.6. The van der Waals surface area contributed by atoms with Gasteiger partial charge in [-0.2, -0.15) is 0 Å². The van der Waals surface area contributed by atoms with Crippen LogP contribution in [0.4, 0.5) is 5.69 Å².